The minimum absolute atomic E-state index is 0.109. The summed E-state index contributed by atoms with van der Waals surface area (Å²) in [4.78, 5) is 17.1. The maximum absolute atomic E-state index is 13.5. The lowest BCUT2D eigenvalue weighted by atomic mass is 10.1. The molecule has 0 saturated carbocycles. The van der Waals surface area contributed by atoms with Crippen LogP contribution in [0, 0.1) is 6.92 Å². The number of pyridine rings is 1. The number of aromatic nitrogens is 1. The van der Waals surface area contributed by atoms with Crippen molar-refractivity contribution >= 4 is 27.3 Å². The Balaban J connectivity index is 1.53. The van der Waals surface area contributed by atoms with Crippen molar-refractivity contribution in [2.24, 2.45) is 0 Å². The van der Waals surface area contributed by atoms with E-state index in [4.69, 9.17) is 4.74 Å². The zero-order valence-electron chi connectivity index (χ0n) is 20.1. The molecule has 1 N–H and O–H groups in total. The average molecular weight is 502 g/mol. The summed E-state index contributed by atoms with van der Waals surface area (Å²) in [5, 5.41) is 2.81. The molecule has 0 fully saturated rings. The normalized spacial score (nSPS) is 11.1. The molecule has 8 heteroatoms. The van der Waals surface area contributed by atoms with E-state index in [2.05, 4.69) is 10.3 Å². The Morgan fingerprint density at radius 1 is 0.861 bits per heavy atom. The van der Waals surface area contributed by atoms with E-state index < -0.39 is 15.9 Å². The van der Waals surface area contributed by atoms with Crippen molar-refractivity contribution in [1.29, 1.82) is 0 Å². The molecule has 3 aromatic carbocycles. The molecule has 0 unspecified atom stereocenters. The van der Waals surface area contributed by atoms with E-state index >= 15 is 0 Å². The summed E-state index contributed by atoms with van der Waals surface area (Å²) in [6, 6.07) is 24.5. The molecule has 0 aliphatic heterocycles. The van der Waals surface area contributed by atoms with Crippen LogP contribution in [-0.4, -0.2) is 33.0 Å². The summed E-state index contributed by atoms with van der Waals surface area (Å²) in [6.07, 6.45) is 4.25. The molecule has 184 valence electrons. The molecule has 7 nitrogen and oxygen atoms in total. The Hall–Kier alpha value is -4.17. The van der Waals surface area contributed by atoms with Gasteiger partial charge in [-0.05, 0) is 85.1 Å². The molecule has 1 heterocycles. The number of ether oxygens (including phenoxy) is 1. The molecule has 4 aromatic rings. The number of rotatable bonds is 9. The van der Waals surface area contributed by atoms with Crippen LogP contribution in [0.25, 0.3) is 0 Å². The van der Waals surface area contributed by atoms with Gasteiger partial charge in [0.1, 0.15) is 12.3 Å². The second kappa shape index (κ2) is 11.0. The lowest BCUT2D eigenvalue weighted by Gasteiger charge is -2.24. The third-order valence-electron chi connectivity index (χ3n) is 5.65. The minimum atomic E-state index is -3.99. The summed E-state index contributed by atoms with van der Waals surface area (Å²) >= 11 is 0. The number of anilines is 2. The number of carbonyl (C=O) groups is 1. The Kier molecular flexibility index (Phi) is 7.65. The first-order chi connectivity index (χ1) is 17.3. The van der Waals surface area contributed by atoms with Crippen molar-refractivity contribution in [1.82, 2.24) is 4.98 Å². The van der Waals surface area contributed by atoms with Crippen molar-refractivity contribution in [2.45, 2.75) is 18.2 Å². The fourth-order valence-electron chi connectivity index (χ4n) is 3.67. The maximum Gasteiger partial charge on any atom is 0.264 e. The zero-order chi connectivity index (χ0) is 25.5. The van der Waals surface area contributed by atoms with Gasteiger partial charge in [0.05, 0.1) is 17.7 Å². The molecule has 1 amide bonds. The Morgan fingerprint density at radius 2 is 1.47 bits per heavy atom. The summed E-state index contributed by atoms with van der Waals surface area (Å²) in [6.45, 7) is 1.49. The number of aryl methyl sites for hydroxylation is 1. The van der Waals surface area contributed by atoms with Crippen molar-refractivity contribution in [2.75, 3.05) is 23.3 Å². The molecule has 0 aliphatic rings. The highest BCUT2D eigenvalue weighted by atomic mass is 32.2. The van der Waals surface area contributed by atoms with Crippen LogP contribution in [0.5, 0.6) is 5.75 Å². The highest BCUT2D eigenvalue weighted by Gasteiger charge is 2.27. The predicted molar refractivity (Wildman–Crippen MR) is 141 cm³/mol. The second-order valence-corrected chi connectivity index (χ2v) is 10.2. The Bertz CT molecular complexity index is 1400. The number of amides is 1. The van der Waals surface area contributed by atoms with Gasteiger partial charge in [0, 0.05) is 18.1 Å². The number of hydrogen-bond donors (Lipinski definition) is 1. The van der Waals surface area contributed by atoms with Gasteiger partial charge >= 0.3 is 0 Å². The molecule has 0 spiro atoms. The van der Waals surface area contributed by atoms with Gasteiger partial charge in [0.25, 0.3) is 10.0 Å². The van der Waals surface area contributed by atoms with Gasteiger partial charge in [-0.25, -0.2) is 8.42 Å². The van der Waals surface area contributed by atoms with Crippen molar-refractivity contribution < 1.29 is 17.9 Å². The van der Waals surface area contributed by atoms with Crippen molar-refractivity contribution in [3.05, 3.63) is 114 Å². The van der Waals surface area contributed by atoms with Crippen LogP contribution in [0.3, 0.4) is 0 Å². The molecular weight excluding hydrogens is 474 g/mol. The van der Waals surface area contributed by atoms with E-state index in [-0.39, 0.29) is 11.4 Å². The fourth-order valence-corrected chi connectivity index (χ4v) is 5.10. The van der Waals surface area contributed by atoms with Crippen molar-refractivity contribution in [3.8, 4) is 5.75 Å². The van der Waals surface area contributed by atoms with E-state index in [1.807, 2.05) is 31.2 Å². The topological polar surface area (TPSA) is 88.6 Å². The molecule has 0 aliphatic carbocycles. The third kappa shape index (κ3) is 6.09. The van der Waals surface area contributed by atoms with Gasteiger partial charge in [-0.1, -0.05) is 29.8 Å². The first-order valence-corrected chi connectivity index (χ1v) is 12.8. The van der Waals surface area contributed by atoms with Crippen LogP contribution in [-0.2, 0) is 21.2 Å². The summed E-state index contributed by atoms with van der Waals surface area (Å²) in [5.41, 5.74) is 4.11. The summed E-state index contributed by atoms with van der Waals surface area (Å²) in [7, 11) is -2.46. The molecule has 0 radical (unpaired) electrons. The van der Waals surface area contributed by atoms with E-state index in [1.165, 1.54) is 7.11 Å². The van der Waals surface area contributed by atoms with E-state index in [1.54, 1.807) is 73.1 Å². The van der Waals surface area contributed by atoms with Gasteiger partial charge in [-0.2, -0.15) is 0 Å². The van der Waals surface area contributed by atoms with Gasteiger partial charge in [-0.3, -0.25) is 14.1 Å². The summed E-state index contributed by atoms with van der Waals surface area (Å²) in [5.74, 6) is 0.131. The van der Waals surface area contributed by atoms with Crippen LogP contribution >= 0.6 is 0 Å². The highest BCUT2D eigenvalue weighted by molar-refractivity contribution is 7.92. The predicted octanol–water partition coefficient (Wildman–Crippen LogP) is 4.82. The SMILES string of the molecule is COc1ccc(N(CC(=O)Nc2ccc(Cc3ccncc3)cc2)S(=O)(=O)c2ccc(C)cc2)cc1. The molecule has 4 rings (SSSR count). The third-order valence-corrected chi connectivity index (χ3v) is 7.44. The summed E-state index contributed by atoms with van der Waals surface area (Å²) < 4.78 is 33.3. The Labute approximate surface area is 211 Å². The lowest BCUT2D eigenvalue weighted by Crippen LogP contribution is -2.38. The van der Waals surface area contributed by atoms with E-state index in [0.29, 0.717) is 17.1 Å². The number of benzene rings is 3. The van der Waals surface area contributed by atoms with Gasteiger partial charge < -0.3 is 10.1 Å². The van der Waals surface area contributed by atoms with Crippen LogP contribution in [0.4, 0.5) is 11.4 Å². The molecule has 1 aromatic heterocycles. The minimum Gasteiger partial charge on any atom is -0.497 e. The average Bonchev–Trinajstić information content (AvgIpc) is 2.89. The molecule has 0 saturated heterocycles. The van der Waals surface area contributed by atoms with Gasteiger partial charge in [0.15, 0.2) is 0 Å². The molecular formula is C28H27N3O4S. The van der Waals surface area contributed by atoms with E-state index in [9.17, 15) is 13.2 Å². The molecule has 0 atom stereocenters. The number of hydrogen-bond acceptors (Lipinski definition) is 5. The van der Waals surface area contributed by atoms with Crippen LogP contribution < -0.4 is 14.4 Å². The number of nitrogens with zero attached hydrogens (tertiary/aromatic N) is 2. The van der Waals surface area contributed by atoms with Gasteiger partial charge in [0.2, 0.25) is 5.91 Å². The zero-order valence-corrected chi connectivity index (χ0v) is 20.9. The van der Waals surface area contributed by atoms with Gasteiger partial charge in [-0.15, -0.1) is 0 Å². The molecule has 0 bridgehead atoms. The van der Waals surface area contributed by atoms with Crippen LogP contribution in [0.15, 0.2) is 102 Å². The lowest BCUT2D eigenvalue weighted by molar-refractivity contribution is -0.114. The maximum atomic E-state index is 13.5. The molecule has 36 heavy (non-hydrogen) atoms. The standard InChI is InChI=1S/C28H27N3O4S/c1-21-3-13-27(14-4-21)36(33,34)31(25-9-11-26(35-2)12-10-25)20-28(32)30-24-7-5-22(6-8-24)19-23-15-17-29-18-16-23/h3-18H,19-20H2,1-2H3,(H,30,32). The fraction of sp³-hybridized carbons (Fsp3) is 0.143. The highest BCUT2D eigenvalue weighted by Crippen LogP contribution is 2.26. The number of sulfonamides is 1. The first kappa shape index (κ1) is 24.9. The van der Waals surface area contributed by atoms with Crippen molar-refractivity contribution in [3.63, 3.8) is 0 Å². The number of nitrogens with one attached hydrogen (secondary N) is 1. The monoisotopic (exact) mass is 501 g/mol. The van der Waals surface area contributed by atoms with Crippen LogP contribution in [0.1, 0.15) is 16.7 Å². The second-order valence-electron chi connectivity index (χ2n) is 8.30. The number of carbonyl (C=O) groups excluding carboxylic acids is 1. The quantitative estimate of drug-likeness (QED) is 0.355. The largest absolute Gasteiger partial charge is 0.497 e. The number of methoxy groups -OCH3 is 1. The smallest absolute Gasteiger partial charge is 0.264 e. The Morgan fingerprint density at radius 3 is 2.08 bits per heavy atom. The first-order valence-electron chi connectivity index (χ1n) is 11.4. The van der Waals surface area contributed by atoms with Crippen LogP contribution in [0.2, 0.25) is 0 Å². The van der Waals surface area contributed by atoms with E-state index in [0.717, 1.165) is 27.4 Å².